The summed E-state index contributed by atoms with van der Waals surface area (Å²) in [6.07, 6.45) is 0. The van der Waals surface area contributed by atoms with E-state index >= 15 is 0 Å². The summed E-state index contributed by atoms with van der Waals surface area (Å²) in [6, 6.07) is 13.5. The fourth-order valence-electron chi connectivity index (χ4n) is 2.94. The van der Waals surface area contributed by atoms with Crippen LogP contribution in [0.3, 0.4) is 0 Å². The molecule has 3 aromatic rings. The van der Waals surface area contributed by atoms with Gasteiger partial charge >= 0.3 is 0 Å². The molecule has 32 heavy (non-hydrogen) atoms. The highest BCUT2D eigenvalue weighted by atomic mass is 32.2. The van der Waals surface area contributed by atoms with Gasteiger partial charge in [0.1, 0.15) is 5.82 Å². The minimum absolute atomic E-state index is 0.0572. The van der Waals surface area contributed by atoms with Crippen LogP contribution in [-0.4, -0.2) is 35.7 Å². The summed E-state index contributed by atoms with van der Waals surface area (Å²) in [6.45, 7) is 0. The Morgan fingerprint density at radius 2 is 1.47 bits per heavy atom. The van der Waals surface area contributed by atoms with Crippen molar-refractivity contribution in [1.82, 2.24) is 0 Å². The normalized spacial score (nSPS) is 10.9. The number of para-hydroxylation sites is 1. The quantitative estimate of drug-likeness (QED) is 0.529. The van der Waals surface area contributed by atoms with Gasteiger partial charge in [0.2, 0.25) is 5.75 Å². The number of rotatable bonds is 8. The maximum atomic E-state index is 13.1. The average molecular weight is 460 g/mol. The molecule has 0 saturated carbocycles. The van der Waals surface area contributed by atoms with Crippen molar-refractivity contribution < 1.29 is 31.8 Å². The number of sulfonamides is 1. The molecule has 0 atom stereocenters. The molecule has 10 heteroatoms. The Bertz CT molecular complexity index is 1200. The predicted molar refractivity (Wildman–Crippen MR) is 118 cm³/mol. The molecule has 0 aliphatic heterocycles. The van der Waals surface area contributed by atoms with Crippen molar-refractivity contribution in [3.05, 3.63) is 72.0 Å². The van der Waals surface area contributed by atoms with E-state index in [1.807, 2.05) is 0 Å². The maximum Gasteiger partial charge on any atom is 0.261 e. The minimum atomic E-state index is -4.04. The lowest BCUT2D eigenvalue weighted by Gasteiger charge is -2.16. The Kier molecular flexibility index (Phi) is 6.84. The van der Waals surface area contributed by atoms with Crippen molar-refractivity contribution in [2.24, 2.45) is 0 Å². The van der Waals surface area contributed by atoms with Gasteiger partial charge in [-0.3, -0.25) is 9.52 Å². The van der Waals surface area contributed by atoms with Crippen LogP contribution in [0.2, 0.25) is 0 Å². The van der Waals surface area contributed by atoms with Crippen LogP contribution in [0.15, 0.2) is 65.6 Å². The van der Waals surface area contributed by atoms with E-state index in [2.05, 4.69) is 10.0 Å². The van der Waals surface area contributed by atoms with Crippen LogP contribution in [0.1, 0.15) is 10.4 Å². The SMILES string of the molecule is COc1cc(NC(=O)c2ccccc2NS(=O)(=O)c2ccc(F)cc2)cc(OC)c1OC. The second-order valence-corrected chi connectivity index (χ2v) is 8.16. The molecule has 3 rings (SSSR count). The van der Waals surface area contributed by atoms with Crippen LogP contribution >= 0.6 is 0 Å². The van der Waals surface area contributed by atoms with Crippen molar-refractivity contribution in [2.45, 2.75) is 4.90 Å². The van der Waals surface area contributed by atoms with E-state index in [-0.39, 0.29) is 16.1 Å². The van der Waals surface area contributed by atoms with Crippen molar-refractivity contribution in [2.75, 3.05) is 31.4 Å². The average Bonchev–Trinajstić information content (AvgIpc) is 2.78. The van der Waals surface area contributed by atoms with E-state index in [1.165, 1.54) is 33.5 Å². The van der Waals surface area contributed by atoms with Crippen LogP contribution in [0.5, 0.6) is 17.2 Å². The molecule has 0 aromatic heterocycles. The lowest BCUT2D eigenvalue weighted by molar-refractivity contribution is 0.102. The van der Waals surface area contributed by atoms with Gasteiger partial charge in [-0.15, -0.1) is 0 Å². The summed E-state index contributed by atoms with van der Waals surface area (Å²) in [5.74, 6) is -0.0916. The van der Waals surface area contributed by atoms with Gasteiger partial charge < -0.3 is 19.5 Å². The number of anilines is 2. The van der Waals surface area contributed by atoms with Gasteiger partial charge in [-0.1, -0.05) is 12.1 Å². The first kappa shape index (κ1) is 22.9. The van der Waals surface area contributed by atoms with E-state index in [0.29, 0.717) is 22.9 Å². The Morgan fingerprint density at radius 1 is 0.875 bits per heavy atom. The Balaban J connectivity index is 1.90. The van der Waals surface area contributed by atoms with Gasteiger partial charge in [-0.25, -0.2) is 12.8 Å². The zero-order valence-electron chi connectivity index (χ0n) is 17.5. The molecule has 8 nitrogen and oxygen atoms in total. The minimum Gasteiger partial charge on any atom is -0.493 e. The van der Waals surface area contributed by atoms with Crippen molar-refractivity contribution in [3.63, 3.8) is 0 Å². The third kappa shape index (κ3) is 4.92. The van der Waals surface area contributed by atoms with Crippen molar-refractivity contribution in [1.29, 1.82) is 0 Å². The Labute approximate surface area is 185 Å². The summed E-state index contributed by atoms with van der Waals surface area (Å²) in [5, 5.41) is 2.69. The first-order chi connectivity index (χ1) is 15.3. The molecule has 0 radical (unpaired) electrons. The highest BCUT2D eigenvalue weighted by Gasteiger charge is 2.20. The van der Waals surface area contributed by atoms with Crippen LogP contribution < -0.4 is 24.2 Å². The first-order valence-corrected chi connectivity index (χ1v) is 10.8. The zero-order valence-corrected chi connectivity index (χ0v) is 18.3. The predicted octanol–water partition coefficient (Wildman–Crippen LogP) is 3.90. The van der Waals surface area contributed by atoms with Crippen LogP contribution in [0, 0.1) is 5.82 Å². The molecule has 0 heterocycles. The fourth-order valence-corrected chi connectivity index (χ4v) is 4.02. The van der Waals surface area contributed by atoms with E-state index in [1.54, 1.807) is 24.3 Å². The molecule has 1 amide bonds. The Morgan fingerprint density at radius 3 is 2.03 bits per heavy atom. The van der Waals surface area contributed by atoms with Crippen LogP contribution in [0.25, 0.3) is 0 Å². The number of ether oxygens (including phenoxy) is 3. The number of benzene rings is 3. The molecular weight excluding hydrogens is 439 g/mol. The lowest BCUT2D eigenvalue weighted by atomic mass is 10.1. The van der Waals surface area contributed by atoms with E-state index in [0.717, 1.165) is 24.3 Å². The molecule has 0 saturated heterocycles. The van der Waals surface area contributed by atoms with E-state index in [9.17, 15) is 17.6 Å². The number of hydrogen-bond donors (Lipinski definition) is 2. The number of methoxy groups -OCH3 is 3. The van der Waals surface area contributed by atoms with Gasteiger partial charge in [0, 0.05) is 17.8 Å². The largest absolute Gasteiger partial charge is 0.493 e. The molecule has 0 aliphatic carbocycles. The number of nitrogens with one attached hydrogen (secondary N) is 2. The molecular formula is C22H21FN2O6S. The van der Waals surface area contributed by atoms with Gasteiger partial charge in [-0.05, 0) is 36.4 Å². The first-order valence-electron chi connectivity index (χ1n) is 9.28. The second-order valence-electron chi connectivity index (χ2n) is 6.47. The third-order valence-electron chi connectivity index (χ3n) is 4.46. The molecule has 0 bridgehead atoms. The number of carbonyl (C=O) groups excluding carboxylic acids is 1. The highest BCUT2D eigenvalue weighted by Crippen LogP contribution is 2.40. The maximum absolute atomic E-state index is 13.1. The standard InChI is InChI=1S/C22H21FN2O6S/c1-29-19-12-15(13-20(30-2)21(19)31-3)24-22(26)17-6-4-5-7-18(17)25-32(27,28)16-10-8-14(23)9-11-16/h4-13,25H,1-3H3,(H,24,26). The van der Waals surface area contributed by atoms with Gasteiger partial charge in [0.25, 0.3) is 15.9 Å². The number of halogens is 1. The zero-order chi connectivity index (χ0) is 23.3. The number of carbonyl (C=O) groups is 1. The summed E-state index contributed by atoms with van der Waals surface area (Å²) in [5.41, 5.74) is 0.481. The molecule has 0 fully saturated rings. The van der Waals surface area contributed by atoms with Crippen LogP contribution in [-0.2, 0) is 10.0 Å². The molecule has 168 valence electrons. The summed E-state index contributed by atoms with van der Waals surface area (Å²) in [7, 11) is 0.312. The second kappa shape index (κ2) is 9.56. The van der Waals surface area contributed by atoms with Crippen molar-refractivity contribution in [3.8, 4) is 17.2 Å². The van der Waals surface area contributed by atoms with E-state index in [4.69, 9.17) is 14.2 Å². The fraction of sp³-hybridized carbons (Fsp3) is 0.136. The molecule has 2 N–H and O–H groups in total. The molecule has 3 aromatic carbocycles. The van der Waals surface area contributed by atoms with Gasteiger partial charge in [0.15, 0.2) is 11.5 Å². The molecule has 0 aliphatic rings. The van der Waals surface area contributed by atoms with Gasteiger partial charge in [-0.2, -0.15) is 0 Å². The molecule has 0 unspecified atom stereocenters. The van der Waals surface area contributed by atoms with Crippen LogP contribution in [0.4, 0.5) is 15.8 Å². The summed E-state index contributed by atoms with van der Waals surface area (Å²) >= 11 is 0. The third-order valence-corrected chi connectivity index (χ3v) is 5.84. The monoisotopic (exact) mass is 460 g/mol. The Hall–Kier alpha value is -3.79. The molecule has 0 spiro atoms. The van der Waals surface area contributed by atoms with Crippen molar-refractivity contribution >= 4 is 27.3 Å². The summed E-state index contributed by atoms with van der Waals surface area (Å²) in [4.78, 5) is 12.8. The summed E-state index contributed by atoms with van der Waals surface area (Å²) < 4.78 is 56.7. The number of amides is 1. The highest BCUT2D eigenvalue weighted by molar-refractivity contribution is 7.92. The smallest absolute Gasteiger partial charge is 0.261 e. The van der Waals surface area contributed by atoms with Gasteiger partial charge in [0.05, 0.1) is 37.5 Å². The van der Waals surface area contributed by atoms with E-state index < -0.39 is 21.7 Å². The number of hydrogen-bond acceptors (Lipinski definition) is 6. The lowest BCUT2D eigenvalue weighted by Crippen LogP contribution is -2.18. The topological polar surface area (TPSA) is 103 Å².